The van der Waals surface area contributed by atoms with Crippen LogP contribution in [0.1, 0.15) is 49.9 Å². The molecule has 198 valence electrons. The summed E-state index contributed by atoms with van der Waals surface area (Å²) in [4.78, 5) is 29.4. The Labute approximate surface area is 222 Å². The van der Waals surface area contributed by atoms with Crippen LogP contribution in [0.25, 0.3) is 0 Å². The fourth-order valence-corrected chi connectivity index (χ4v) is 4.59. The highest BCUT2D eigenvalue weighted by Gasteiger charge is 2.34. The van der Waals surface area contributed by atoms with E-state index in [2.05, 4.69) is 5.32 Å². The van der Waals surface area contributed by atoms with Crippen LogP contribution < -0.4 is 24.3 Å². The second kappa shape index (κ2) is 10.7. The Kier molecular flexibility index (Phi) is 7.13. The molecule has 0 saturated heterocycles. The lowest BCUT2D eigenvalue weighted by Crippen LogP contribution is -2.49. The van der Waals surface area contributed by atoms with Crippen LogP contribution in [0.2, 0.25) is 0 Å². The molecular weight excluding hydrogens is 484 g/mol. The van der Waals surface area contributed by atoms with E-state index in [0.717, 1.165) is 11.1 Å². The molecule has 0 aromatic heterocycles. The van der Waals surface area contributed by atoms with E-state index < -0.39 is 11.6 Å². The molecule has 1 N–H and O–H groups in total. The van der Waals surface area contributed by atoms with Gasteiger partial charge in [-0.15, -0.1) is 0 Å². The number of hydrogen-bond donors (Lipinski definition) is 1. The van der Waals surface area contributed by atoms with Gasteiger partial charge in [0.25, 0.3) is 0 Å². The number of nitrogens with one attached hydrogen (secondary N) is 1. The molecule has 3 aromatic rings. The van der Waals surface area contributed by atoms with Gasteiger partial charge in [-0.05, 0) is 68.1 Å². The molecule has 2 amide bonds. The summed E-state index contributed by atoms with van der Waals surface area (Å²) in [7, 11) is 0. The monoisotopic (exact) mass is 516 g/mol. The molecule has 0 saturated carbocycles. The molecule has 2 heterocycles. The molecule has 0 spiro atoms. The SMILES string of the molecule is CC(C)(C)NC(=O)C(c1ccc2c(c1)OCO2)N(Cc1ccc2c(c1)OCO2)C(=O)CCc1ccccc1. The van der Waals surface area contributed by atoms with E-state index in [1.807, 2.05) is 75.4 Å². The number of rotatable bonds is 8. The van der Waals surface area contributed by atoms with Crippen LogP contribution in [0.15, 0.2) is 66.7 Å². The van der Waals surface area contributed by atoms with Crippen LogP contribution >= 0.6 is 0 Å². The van der Waals surface area contributed by atoms with E-state index in [9.17, 15) is 9.59 Å². The zero-order valence-corrected chi connectivity index (χ0v) is 21.9. The average Bonchev–Trinajstić information content (AvgIpc) is 3.55. The first-order valence-corrected chi connectivity index (χ1v) is 12.7. The topological polar surface area (TPSA) is 86.3 Å². The van der Waals surface area contributed by atoms with E-state index >= 15 is 0 Å². The summed E-state index contributed by atoms with van der Waals surface area (Å²) < 4.78 is 22.1. The molecule has 5 rings (SSSR count). The smallest absolute Gasteiger partial charge is 0.247 e. The Morgan fingerprint density at radius 1 is 0.816 bits per heavy atom. The zero-order chi connectivity index (χ0) is 26.7. The Bertz CT molecular complexity index is 1320. The largest absolute Gasteiger partial charge is 0.454 e. The van der Waals surface area contributed by atoms with Gasteiger partial charge in [0.15, 0.2) is 23.0 Å². The van der Waals surface area contributed by atoms with Crippen molar-refractivity contribution >= 4 is 11.8 Å². The van der Waals surface area contributed by atoms with Crippen molar-refractivity contribution in [3.05, 3.63) is 83.4 Å². The first-order chi connectivity index (χ1) is 18.3. The molecule has 0 aliphatic carbocycles. The van der Waals surface area contributed by atoms with Crippen LogP contribution in [0.4, 0.5) is 0 Å². The maximum absolute atomic E-state index is 13.9. The summed E-state index contributed by atoms with van der Waals surface area (Å²) in [6, 6.07) is 19.9. The predicted octanol–water partition coefficient (Wildman–Crippen LogP) is 4.76. The Hall–Kier alpha value is -4.20. The summed E-state index contributed by atoms with van der Waals surface area (Å²) >= 11 is 0. The van der Waals surface area contributed by atoms with Gasteiger partial charge < -0.3 is 29.2 Å². The molecule has 8 heteroatoms. The predicted molar refractivity (Wildman–Crippen MR) is 141 cm³/mol. The van der Waals surface area contributed by atoms with Crippen molar-refractivity contribution in [2.45, 2.75) is 51.7 Å². The molecule has 3 aromatic carbocycles. The lowest BCUT2D eigenvalue weighted by molar-refractivity contribution is -0.142. The van der Waals surface area contributed by atoms with Crippen LogP contribution in [0, 0.1) is 0 Å². The van der Waals surface area contributed by atoms with E-state index in [0.29, 0.717) is 35.0 Å². The minimum atomic E-state index is -0.891. The third kappa shape index (κ3) is 5.85. The highest BCUT2D eigenvalue weighted by Crippen LogP contribution is 2.37. The van der Waals surface area contributed by atoms with Crippen molar-refractivity contribution in [2.75, 3.05) is 13.6 Å². The molecule has 1 atom stereocenters. The Morgan fingerprint density at radius 3 is 2.13 bits per heavy atom. The highest BCUT2D eigenvalue weighted by atomic mass is 16.7. The summed E-state index contributed by atoms with van der Waals surface area (Å²) in [5.41, 5.74) is 2.03. The van der Waals surface area contributed by atoms with Crippen molar-refractivity contribution < 1.29 is 28.5 Å². The van der Waals surface area contributed by atoms with Gasteiger partial charge >= 0.3 is 0 Å². The van der Waals surface area contributed by atoms with Crippen LogP contribution in [0.5, 0.6) is 23.0 Å². The second-order valence-electron chi connectivity index (χ2n) is 10.4. The summed E-state index contributed by atoms with van der Waals surface area (Å²) in [6.07, 6.45) is 0.810. The molecule has 8 nitrogen and oxygen atoms in total. The number of carbonyl (C=O) groups excluding carboxylic acids is 2. The fourth-order valence-electron chi connectivity index (χ4n) is 4.59. The number of hydrogen-bond acceptors (Lipinski definition) is 6. The lowest BCUT2D eigenvalue weighted by Gasteiger charge is -2.34. The minimum Gasteiger partial charge on any atom is -0.454 e. The van der Waals surface area contributed by atoms with Gasteiger partial charge in [0.2, 0.25) is 25.4 Å². The number of ether oxygens (including phenoxy) is 4. The quantitative estimate of drug-likeness (QED) is 0.465. The first kappa shape index (κ1) is 25.4. The average molecular weight is 517 g/mol. The van der Waals surface area contributed by atoms with Crippen LogP contribution in [-0.2, 0) is 22.6 Å². The molecule has 0 fully saturated rings. The van der Waals surface area contributed by atoms with Gasteiger partial charge in [0.05, 0.1) is 0 Å². The Morgan fingerprint density at radius 2 is 1.45 bits per heavy atom. The molecule has 1 unspecified atom stereocenters. The van der Waals surface area contributed by atoms with Gasteiger partial charge in [0, 0.05) is 18.5 Å². The Balaban J connectivity index is 1.51. The second-order valence-corrected chi connectivity index (χ2v) is 10.4. The lowest BCUT2D eigenvalue weighted by atomic mass is 9.99. The van der Waals surface area contributed by atoms with Crippen molar-refractivity contribution in [1.29, 1.82) is 0 Å². The van der Waals surface area contributed by atoms with Crippen LogP contribution in [0.3, 0.4) is 0 Å². The molecular formula is C30H32N2O6. The maximum atomic E-state index is 13.9. The van der Waals surface area contributed by atoms with Gasteiger partial charge in [-0.25, -0.2) is 0 Å². The summed E-state index contributed by atoms with van der Waals surface area (Å²) in [6.45, 7) is 6.24. The van der Waals surface area contributed by atoms with Gasteiger partial charge in [-0.2, -0.15) is 0 Å². The summed E-state index contributed by atoms with van der Waals surface area (Å²) in [5.74, 6) is 2.03. The van der Waals surface area contributed by atoms with Crippen LogP contribution in [-0.4, -0.2) is 35.8 Å². The normalized spacial score (nSPS) is 14.2. The number of fused-ring (bicyclic) bond motifs is 2. The number of carbonyl (C=O) groups is 2. The van der Waals surface area contributed by atoms with Crippen molar-refractivity contribution in [3.63, 3.8) is 0 Å². The highest BCUT2D eigenvalue weighted by molar-refractivity contribution is 5.89. The van der Waals surface area contributed by atoms with Gasteiger partial charge in [-0.1, -0.05) is 42.5 Å². The van der Waals surface area contributed by atoms with E-state index in [-0.39, 0.29) is 38.4 Å². The standard InChI is InChI=1S/C30H32N2O6/c1-30(2,3)31-29(34)28(22-11-13-24-26(16-22)38-19-36-24)32(27(33)14-10-20-7-5-4-6-8-20)17-21-9-12-23-25(15-21)37-18-35-23/h4-9,11-13,15-16,28H,10,14,17-19H2,1-3H3,(H,31,34). The molecule has 38 heavy (non-hydrogen) atoms. The fraction of sp³-hybridized carbons (Fsp3) is 0.333. The van der Waals surface area contributed by atoms with Gasteiger partial charge in [0.1, 0.15) is 6.04 Å². The van der Waals surface area contributed by atoms with E-state index in [1.54, 1.807) is 17.0 Å². The van der Waals surface area contributed by atoms with Crippen molar-refractivity contribution in [3.8, 4) is 23.0 Å². The molecule has 0 bridgehead atoms. The number of nitrogens with zero attached hydrogens (tertiary/aromatic N) is 1. The van der Waals surface area contributed by atoms with Crippen molar-refractivity contribution in [1.82, 2.24) is 10.2 Å². The molecule has 2 aliphatic heterocycles. The first-order valence-electron chi connectivity index (χ1n) is 12.7. The number of benzene rings is 3. The van der Waals surface area contributed by atoms with Crippen molar-refractivity contribution in [2.24, 2.45) is 0 Å². The van der Waals surface area contributed by atoms with E-state index in [4.69, 9.17) is 18.9 Å². The van der Waals surface area contributed by atoms with E-state index in [1.165, 1.54) is 0 Å². The number of amides is 2. The minimum absolute atomic E-state index is 0.120. The third-order valence-electron chi connectivity index (χ3n) is 6.35. The third-order valence-corrected chi connectivity index (χ3v) is 6.35. The number of aryl methyl sites for hydroxylation is 1. The van der Waals surface area contributed by atoms with Gasteiger partial charge in [-0.3, -0.25) is 9.59 Å². The summed E-state index contributed by atoms with van der Waals surface area (Å²) in [5, 5.41) is 3.07. The molecule has 0 radical (unpaired) electrons. The molecule has 2 aliphatic rings. The maximum Gasteiger partial charge on any atom is 0.247 e. The zero-order valence-electron chi connectivity index (χ0n) is 21.9.